The molecule has 0 saturated heterocycles. The summed E-state index contributed by atoms with van der Waals surface area (Å²) in [6.45, 7) is 3.78. The topological polar surface area (TPSA) is 139 Å². The number of halogens is 1. The second-order valence-electron chi connectivity index (χ2n) is 7.44. The molecule has 0 saturated carbocycles. The molecule has 0 radical (unpaired) electrons. The van der Waals surface area contributed by atoms with Crippen LogP contribution in [0.3, 0.4) is 0 Å². The maximum atomic E-state index is 12.7. The molecule has 9 nitrogen and oxygen atoms in total. The largest absolute Gasteiger partial charge is 0.508 e. The smallest absolute Gasteiger partial charge is 0.329 e. The Kier molecular flexibility index (Phi) is 9.35. The third-order valence-electron chi connectivity index (χ3n) is 5.16. The first-order valence-corrected chi connectivity index (χ1v) is 10.4. The number of ether oxygens (including phenoxy) is 1. The molecule has 0 fully saturated rings. The first kappa shape index (κ1) is 26.6. The number of hydrogen-bond acceptors (Lipinski definition) is 8. The molecule has 10 heteroatoms. The SMILES string of the molecule is COC(=O)C(CN)NC(=O)c1c(C)nc(NCc2ccccc2-c2ccc(O)cc2)nc1C.Cl. The van der Waals surface area contributed by atoms with Crippen molar-refractivity contribution < 1.29 is 19.4 Å². The van der Waals surface area contributed by atoms with Crippen LogP contribution in [-0.2, 0) is 16.1 Å². The summed E-state index contributed by atoms with van der Waals surface area (Å²) in [7, 11) is 1.23. The lowest BCUT2D eigenvalue weighted by Crippen LogP contribution is -2.46. The second-order valence-corrected chi connectivity index (χ2v) is 7.44. The van der Waals surface area contributed by atoms with E-state index in [1.807, 2.05) is 36.4 Å². The van der Waals surface area contributed by atoms with E-state index in [0.29, 0.717) is 23.9 Å². The Hall–Kier alpha value is -3.69. The van der Waals surface area contributed by atoms with Crippen molar-refractivity contribution in [1.29, 1.82) is 0 Å². The number of carbonyl (C=O) groups is 2. The van der Waals surface area contributed by atoms with Gasteiger partial charge in [0.25, 0.3) is 5.91 Å². The number of aromatic hydroxyl groups is 1. The minimum absolute atomic E-state index is 0. The van der Waals surface area contributed by atoms with E-state index in [1.54, 1.807) is 26.0 Å². The molecule has 1 heterocycles. The summed E-state index contributed by atoms with van der Waals surface area (Å²) in [6, 6.07) is 14.0. The number of carbonyl (C=O) groups excluding carboxylic acids is 2. The Labute approximate surface area is 204 Å². The van der Waals surface area contributed by atoms with Crippen molar-refractivity contribution >= 4 is 30.2 Å². The molecule has 0 aliphatic heterocycles. The highest BCUT2D eigenvalue weighted by molar-refractivity contribution is 5.98. The van der Waals surface area contributed by atoms with Crippen LogP contribution in [0.25, 0.3) is 11.1 Å². The maximum absolute atomic E-state index is 12.7. The van der Waals surface area contributed by atoms with Crippen LogP contribution < -0.4 is 16.4 Å². The van der Waals surface area contributed by atoms with E-state index in [0.717, 1.165) is 16.7 Å². The van der Waals surface area contributed by atoms with Crippen molar-refractivity contribution in [2.24, 2.45) is 5.73 Å². The van der Waals surface area contributed by atoms with Crippen LogP contribution in [-0.4, -0.2) is 46.6 Å². The van der Waals surface area contributed by atoms with Gasteiger partial charge >= 0.3 is 5.97 Å². The Morgan fingerprint density at radius 3 is 2.26 bits per heavy atom. The minimum Gasteiger partial charge on any atom is -0.508 e. The molecule has 34 heavy (non-hydrogen) atoms. The molecule has 180 valence electrons. The van der Waals surface area contributed by atoms with Crippen molar-refractivity contribution in [3.8, 4) is 16.9 Å². The number of esters is 1. The standard InChI is InChI=1S/C24H27N5O4.ClH/c1-14-21(22(31)29-20(12-25)23(32)33-3)15(2)28-24(27-14)26-13-17-6-4-5-7-19(17)16-8-10-18(30)11-9-16;/h4-11,20,30H,12-13,25H2,1-3H3,(H,29,31)(H,26,27,28);1H. The molecule has 0 aliphatic carbocycles. The van der Waals surface area contributed by atoms with E-state index >= 15 is 0 Å². The summed E-state index contributed by atoms with van der Waals surface area (Å²) >= 11 is 0. The number of methoxy groups -OCH3 is 1. The molecule has 2 aromatic carbocycles. The molecule has 1 atom stereocenters. The van der Waals surface area contributed by atoms with Crippen LogP contribution in [0.5, 0.6) is 5.75 Å². The monoisotopic (exact) mass is 485 g/mol. The fourth-order valence-corrected chi connectivity index (χ4v) is 3.48. The van der Waals surface area contributed by atoms with Gasteiger partial charge in [-0.1, -0.05) is 36.4 Å². The van der Waals surface area contributed by atoms with E-state index in [4.69, 9.17) is 5.73 Å². The van der Waals surface area contributed by atoms with Gasteiger partial charge in [-0.3, -0.25) is 4.79 Å². The van der Waals surface area contributed by atoms with Gasteiger partial charge in [-0.2, -0.15) is 0 Å². The highest BCUT2D eigenvalue weighted by Gasteiger charge is 2.23. The van der Waals surface area contributed by atoms with E-state index < -0.39 is 17.9 Å². The first-order valence-electron chi connectivity index (χ1n) is 10.4. The van der Waals surface area contributed by atoms with E-state index in [-0.39, 0.29) is 30.3 Å². The highest BCUT2D eigenvalue weighted by atomic mass is 35.5. The third-order valence-corrected chi connectivity index (χ3v) is 5.16. The number of amides is 1. The van der Waals surface area contributed by atoms with Gasteiger partial charge in [-0.25, -0.2) is 14.8 Å². The van der Waals surface area contributed by atoms with E-state index in [1.165, 1.54) is 7.11 Å². The Morgan fingerprint density at radius 1 is 1.06 bits per heavy atom. The van der Waals surface area contributed by atoms with Crippen molar-refractivity contribution in [3.63, 3.8) is 0 Å². The van der Waals surface area contributed by atoms with Crippen LogP contribution in [0, 0.1) is 13.8 Å². The second kappa shape index (κ2) is 12.0. The number of aryl methyl sites for hydroxylation is 2. The fraction of sp³-hybridized carbons (Fsp3) is 0.250. The Balaban J connectivity index is 0.00000408. The first-order chi connectivity index (χ1) is 15.8. The predicted octanol–water partition coefficient (Wildman–Crippen LogP) is 2.73. The zero-order chi connectivity index (χ0) is 24.0. The molecular weight excluding hydrogens is 458 g/mol. The molecule has 0 bridgehead atoms. The molecule has 0 aliphatic rings. The zero-order valence-corrected chi connectivity index (χ0v) is 20.0. The number of nitrogens with two attached hydrogens (primary N) is 1. The van der Waals surface area contributed by atoms with E-state index in [9.17, 15) is 14.7 Å². The molecule has 3 aromatic rings. The maximum Gasteiger partial charge on any atom is 0.329 e. The summed E-state index contributed by atoms with van der Waals surface area (Å²) in [5.41, 5.74) is 9.80. The number of aromatic nitrogens is 2. The summed E-state index contributed by atoms with van der Waals surface area (Å²) in [5, 5.41) is 15.3. The number of hydrogen-bond donors (Lipinski definition) is 4. The van der Waals surface area contributed by atoms with Gasteiger partial charge in [0.05, 0.1) is 24.1 Å². The number of nitrogens with zero attached hydrogens (tertiary/aromatic N) is 2. The van der Waals surface area contributed by atoms with Crippen molar-refractivity contribution in [2.45, 2.75) is 26.4 Å². The third kappa shape index (κ3) is 6.21. The van der Waals surface area contributed by atoms with Gasteiger partial charge in [0.1, 0.15) is 11.8 Å². The van der Waals surface area contributed by atoms with Gasteiger partial charge in [-0.05, 0) is 42.7 Å². The predicted molar refractivity (Wildman–Crippen MR) is 132 cm³/mol. The lowest BCUT2D eigenvalue weighted by Gasteiger charge is -2.17. The zero-order valence-electron chi connectivity index (χ0n) is 19.2. The molecule has 0 spiro atoms. The molecule has 1 aromatic heterocycles. The number of rotatable bonds is 8. The summed E-state index contributed by atoms with van der Waals surface area (Å²) in [4.78, 5) is 33.3. The van der Waals surface area contributed by atoms with E-state index in [2.05, 4.69) is 25.3 Å². The normalized spacial score (nSPS) is 11.2. The van der Waals surface area contributed by atoms with Gasteiger partial charge in [0, 0.05) is 13.1 Å². The summed E-state index contributed by atoms with van der Waals surface area (Å²) in [6.07, 6.45) is 0. The average molecular weight is 486 g/mol. The summed E-state index contributed by atoms with van der Waals surface area (Å²) in [5.74, 6) is -0.518. The average Bonchev–Trinajstić information content (AvgIpc) is 2.81. The molecule has 1 amide bonds. The quantitative estimate of drug-likeness (QED) is 0.357. The highest BCUT2D eigenvalue weighted by Crippen LogP contribution is 2.26. The van der Waals surface area contributed by atoms with Crippen LogP contribution in [0.15, 0.2) is 48.5 Å². The van der Waals surface area contributed by atoms with Gasteiger partial charge in [0.2, 0.25) is 5.95 Å². The Morgan fingerprint density at radius 2 is 1.68 bits per heavy atom. The minimum atomic E-state index is -0.949. The number of anilines is 1. The van der Waals surface area contributed by atoms with Crippen LogP contribution in [0.4, 0.5) is 5.95 Å². The van der Waals surface area contributed by atoms with Crippen LogP contribution in [0.2, 0.25) is 0 Å². The number of nitrogens with one attached hydrogen (secondary N) is 2. The van der Waals surface area contributed by atoms with Gasteiger partial charge < -0.3 is 26.2 Å². The fourth-order valence-electron chi connectivity index (χ4n) is 3.48. The molecule has 1 unspecified atom stereocenters. The van der Waals surface area contributed by atoms with Gasteiger partial charge in [0.15, 0.2) is 0 Å². The lowest BCUT2D eigenvalue weighted by molar-refractivity contribution is -0.142. The Bertz CT molecular complexity index is 1130. The lowest BCUT2D eigenvalue weighted by atomic mass is 9.99. The van der Waals surface area contributed by atoms with Crippen LogP contribution in [0.1, 0.15) is 27.3 Å². The van der Waals surface area contributed by atoms with Crippen molar-refractivity contribution in [1.82, 2.24) is 15.3 Å². The molecule has 5 N–H and O–H groups in total. The number of phenolic OH excluding ortho intramolecular Hbond substituents is 1. The van der Waals surface area contributed by atoms with Crippen molar-refractivity contribution in [3.05, 3.63) is 71.0 Å². The molecule has 3 rings (SSSR count). The summed E-state index contributed by atoms with van der Waals surface area (Å²) < 4.78 is 4.65. The molecular formula is C24H28ClN5O4. The van der Waals surface area contributed by atoms with Crippen molar-refractivity contribution in [2.75, 3.05) is 19.0 Å². The number of benzene rings is 2. The van der Waals surface area contributed by atoms with Crippen LogP contribution >= 0.6 is 12.4 Å². The number of phenols is 1. The van der Waals surface area contributed by atoms with Gasteiger partial charge in [-0.15, -0.1) is 12.4 Å².